The molecule has 0 bridgehead atoms. The molecule has 114 valence electrons. The minimum atomic E-state index is -1.15. The molecule has 2 rings (SSSR count). The van der Waals surface area contributed by atoms with E-state index in [1.165, 1.54) is 17.0 Å². The fourth-order valence-electron chi connectivity index (χ4n) is 2.21. The van der Waals surface area contributed by atoms with E-state index in [-0.39, 0.29) is 36.2 Å². The number of carbonyl (C=O) groups is 2. The van der Waals surface area contributed by atoms with Gasteiger partial charge in [-0.3, -0.25) is 0 Å². The van der Waals surface area contributed by atoms with Crippen LogP contribution in [0.3, 0.4) is 0 Å². The second-order valence-corrected chi connectivity index (χ2v) is 4.97. The van der Waals surface area contributed by atoms with Crippen LogP contribution in [-0.2, 0) is 0 Å². The molecule has 0 atom stereocenters. The van der Waals surface area contributed by atoms with Crippen molar-refractivity contribution in [2.24, 2.45) is 0 Å². The molecule has 21 heavy (non-hydrogen) atoms. The number of rotatable bonds is 5. The second kappa shape index (κ2) is 6.45. The lowest BCUT2D eigenvalue weighted by Crippen LogP contribution is -2.47. The number of carboxylic acids is 1. The number of urea groups is 1. The Kier molecular flexibility index (Phi) is 4.64. The average Bonchev–Trinajstić information content (AvgIpc) is 2.38. The number of benzene rings is 1. The van der Waals surface area contributed by atoms with Gasteiger partial charge in [-0.15, -0.1) is 0 Å². The summed E-state index contributed by atoms with van der Waals surface area (Å²) in [7, 11) is 0. The number of anilines is 1. The molecule has 1 aliphatic carbocycles. The number of hydrogen-bond donors (Lipinski definition) is 4. The number of aromatic carboxylic acids is 1. The molecule has 0 aromatic heterocycles. The normalized spacial score (nSPS) is 14.3. The van der Waals surface area contributed by atoms with Crippen LogP contribution in [-0.4, -0.2) is 51.4 Å². The van der Waals surface area contributed by atoms with Crippen LogP contribution in [0.1, 0.15) is 29.6 Å². The lowest BCUT2D eigenvalue weighted by atomic mass is 9.92. The van der Waals surface area contributed by atoms with Crippen LogP contribution in [0.2, 0.25) is 0 Å². The molecule has 2 amide bonds. The van der Waals surface area contributed by atoms with Gasteiger partial charge in [-0.1, -0.05) is 0 Å². The Hall–Kier alpha value is -2.28. The van der Waals surface area contributed by atoms with Gasteiger partial charge < -0.3 is 25.5 Å². The van der Waals surface area contributed by atoms with E-state index in [1.807, 2.05) is 0 Å². The fourth-order valence-corrected chi connectivity index (χ4v) is 2.21. The van der Waals surface area contributed by atoms with Gasteiger partial charge >= 0.3 is 12.0 Å². The molecule has 1 aliphatic rings. The van der Waals surface area contributed by atoms with Crippen molar-refractivity contribution in [3.05, 3.63) is 23.8 Å². The van der Waals surface area contributed by atoms with Gasteiger partial charge in [0, 0.05) is 12.6 Å². The minimum absolute atomic E-state index is 0.0586. The zero-order valence-corrected chi connectivity index (χ0v) is 11.5. The first-order valence-corrected chi connectivity index (χ1v) is 6.77. The van der Waals surface area contributed by atoms with Crippen LogP contribution >= 0.6 is 0 Å². The Balaban J connectivity index is 2.08. The van der Waals surface area contributed by atoms with Crippen molar-refractivity contribution in [3.8, 4) is 5.75 Å². The number of nitrogens with one attached hydrogen (secondary N) is 1. The highest BCUT2D eigenvalue weighted by molar-refractivity contribution is 5.93. The van der Waals surface area contributed by atoms with E-state index in [0.29, 0.717) is 0 Å². The molecule has 0 radical (unpaired) electrons. The van der Waals surface area contributed by atoms with Crippen molar-refractivity contribution < 1.29 is 24.9 Å². The zero-order chi connectivity index (χ0) is 15.4. The monoisotopic (exact) mass is 294 g/mol. The third-order valence-electron chi connectivity index (χ3n) is 3.60. The molecule has 7 nitrogen and oxygen atoms in total. The fraction of sp³-hybridized carbons (Fsp3) is 0.429. The van der Waals surface area contributed by atoms with Gasteiger partial charge in [0.2, 0.25) is 0 Å². The predicted octanol–water partition coefficient (Wildman–Crippen LogP) is 1.47. The molecule has 1 saturated carbocycles. The number of carboxylic acid groups (broad SMARTS) is 1. The molecular weight excluding hydrogens is 276 g/mol. The van der Waals surface area contributed by atoms with Gasteiger partial charge in [-0.25, -0.2) is 9.59 Å². The number of carbonyl (C=O) groups excluding carboxylic acids is 1. The highest BCUT2D eigenvalue weighted by atomic mass is 16.4. The minimum Gasteiger partial charge on any atom is -0.506 e. The largest absolute Gasteiger partial charge is 0.506 e. The number of nitrogens with zero attached hydrogens (tertiary/aromatic N) is 1. The van der Waals surface area contributed by atoms with Crippen LogP contribution in [0.15, 0.2) is 18.2 Å². The third-order valence-corrected chi connectivity index (χ3v) is 3.60. The number of hydrogen-bond acceptors (Lipinski definition) is 4. The number of phenolic OH excluding ortho intramolecular Hbond substituents is 1. The van der Waals surface area contributed by atoms with Crippen molar-refractivity contribution >= 4 is 17.7 Å². The third kappa shape index (κ3) is 3.43. The van der Waals surface area contributed by atoms with E-state index in [1.54, 1.807) is 0 Å². The maximum atomic E-state index is 12.2. The van der Waals surface area contributed by atoms with Crippen molar-refractivity contribution in [1.82, 2.24) is 4.90 Å². The number of aliphatic hydroxyl groups excluding tert-OH is 1. The summed E-state index contributed by atoms with van der Waals surface area (Å²) in [4.78, 5) is 24.5. The molecular formula is C14H18N2O5. The zero-order valence-electron chi connectivity index (χ0n) is 11.5. The number of phenols is 1. The summed E-state index contributed by atoms with van der Waals surface area (Å²) in [6, 6.07) is 3.42. The van der Waals surface area contributed by atoms with Crippen molar-refractivity contribution in [2.75, 3.05) is 18.5 Å². The topological polar surface area (TPSA) is 110 Å². The molecule has 7 heteroatoms. The van der Waals surface area contributed by atoms with Crippen molar-refractivity contribution in [1.29, 1.82) is 0 Å². The van der Waals surface area contributed by atoms with Gasteiger partial charge in [0.05, 0.1) is 17.9 Å². The van der Waals surface area contributed by atoms with Gasteiger partial charge in [-0.05, 0) is 37.5 Å². The predicted molar refractivity (Wildman–Crippen MR) is 75.5 cm³/mol. The van der Waals surface area contributed by atoms with Crippen LogP contribution in [0, 0.1) is 0 Å². The molecule has 0 unspecified atom stereocenters. The van der Waals surface area contributed by atoms with Gasteiger partial charge in [0.15, 0.2) is 0 Å². The molecule has 1 aromatic carbocycles. The highest BCUT2D eigenvalue weighted by Gasteiger charge is 2.28. The van der Waals surface area contributed by atoms with Gasteiger partial charge in [-0.2, -0.15) is 0 Å². The summed E-state index contributed by atoms with van der Waals surface area (Å²) in [6.45, 7) is 0.0956. The summed E-state index contributed by atoms with van der Waals surface area (Å²) < 4.78 is 0. The Labute approximate surface area is 121 Å². The Morgan fingerprint density at radius 2 is 2.05 bits per heavy atom. The Morgan fingerprint density at radius 3 is 2.52 bits per heavy atom. The summed E-state index contributed by atoms with van der Waals surface area (Å²) in [5.74, 6) is -1.46. The number of aromatic hydroxyl groups is 1. The second-order valence-electron chi connectivity index (χ2n) is 4.97. The first kappa shape index (κ1) is 15.1. The summed E-state index contributed by atoms with van der Waals surface area (Å²) in [6.07, 6.45) is 2.85. The standard InChI is InChI=1S/C14H18N2O5/c17-7-6-16(10-2-1-3-10)14(21)15-11-5-4-9(13(19)20)8-12(11)18/h4-5,8,10,17-18H,1-3,6-7H2,(H,15,21)(H,19,20). The van der Waals surface area contributed by atoms with Crippen molar-refractivity contribution in [3.63, 3.8) is 0 Å². The molecule has 0 heterocycles. The number of amides is 2. The van der Waals surface area contributed by atoms with E-state index in [9.17, 15) is 14.7 Å². The van der Waals surface area contributed by atoms with Crippen LogP contribution in [0.25, 0.3) is 0 Å². The Bertz CT molecular complexity index is 542. The van der Waals surface area contributed by atoms with Crippen molar-refractivity contribution in [2.45, 2.75) is 25.3 Å². The average molecular weight is 294 g/mol. The number of aliphatic hydroxyl groups is 1. The van der Waals surface area contributed by atoms with E-state index < -0.39 is 12.0 Å². The maximum Gasteiger partial charge on any atom is 0.335 e. The highest BCUT2D eigenvalue weighted by Crippen LogP contribution is 2.28. The SMILES string of the molecule is O=C(O)c1ccc(NC(=O)N(CCO)C2CCC2)c(O)c1. The lowest BCUT2D eigenvalue weighted by Gasteiger charge is -2.37. The van der Waals surface area contributed by atoms with E-state index in [4.69, 9.17) is 10.2 Å². The first-order valence-electron chi connectivity index (χ1n) is 6.77. The van der Waals surface area contributed by atoms with E-state index >= 15 is 0 Å². The quantitative estimate of drug-likeness (QED) is 0.615. The van der Waals surface area contributed by atoms with Gasteiger partial charge in [0.25, 0.3) is 0 Å². The molecule has 0 saturated heterocycles. The van der Waals surface area contributed by atoms with Crippen LogP contribution in [0.5, 0.6) is 5.75 Å². The van der Waals surface area contributed by atoms with Crippen LogP contribution < -0.4 is 5.32 Å². The first-order chi connectivity index (χ1) is 10.0. The van der Waals surface area contributed by atoms with Gasteiger partial charge in [0.1, 0.15) is 5.75 Å². The van der Waals surface area contributed by atoms with E-state index in [2.05, 4.69) is 5.32 Å². The lowest BCUT2D eigenvalue weighted by molar-refractivity contribution is 0.0696. The maximum absolute atomic E-state index is 12.2. The summed E-state index contributed by atoms with van der Waals surface area (Å²) in [5.41, 5.74) is 0.0870. The smallest absolute Gasteiger partial charge is 0.335 e. The molecule has 0 aliphatic heterocycles. The molecule has 1 fully saturated rings. The molecule has 4 N–H and O–H groups in total. The summed E-state index contributed by atoms with van der Waals surface area (Å²) in [5, 5.41) is 30.2. The Morgan fingerprint density at radius 1 is 1.33 bits per heavy atom. The molecule has 1 aromatic rings. The molecule has 0 spiro atoms. The summed E-state index contributed by atoms with van der Waals surface area (Å²) >= 11 is 0. The van der Waals surface area contributed by atoms with Crippen LogP contribution in [0.4, 0.5) is 10.5 Å². The van der Waals surface area contributed by atoms with E-state index in [0.717, 1.165) is 25.3 Å².